The van der Waals surface area contributed by atoms with Gasteiger partial charge in [0.2, 0.25) is 5.91 Å². The summed E-state index contributed by atoms with van der Waals surface area (Å²) in [5.74, 6) is 0.0491. The van der Waals surface area contributed by atoms with Crippen molar-refractivity contribution < 1.29 is 9.53 Å². The van der Waals surface area contributed by atoms with E-state index in [-0.39, 0.29) is 5.91 Å². The first-order valence-corrected chi connectivity index (χ1v) is 7.89. The quantitative estimate of drug-likeness (QED) is 0.812. The molecule has 2 aliphatic rings. The smallest absolute Gasteiger partial charge is 0.242 e. The summed E-state index contributed by atoms with van der Waals surface area (Å²) >= 11 is 0. The minimum absolute atomic E-state index is 0.0491. The topological polar surface area (TPSA) is 58.8 Å². The molecule has 0 aromatic heterocycles. The normalized spacial score (nSPS) is 22.4. The van der Waals surface area contributed by atoms with Crippen LogP contribution in [0.25, 0.3) is 0 Å². The Kier molecular flexibility index (Phi) is 5.41. The van der Waals surface area contributed by atoms with Gasteiger partial charge < -0.3 is 20.3 Å². The van der Waals surface area contributed by atoms with Crippen LogP contribution in [0, 0.1) is 0 Å². The molecule has 0 unspecified atom stereocenters. The molecule has 2 saturated heterocycles. The number of nitrogens with zero attached hydrogens (tertiary/aromatic N) is 2. The molecule has 0 atom stereocenters. The molecule has 5 nitrogen and oxygen atoms in total. The third kappa shape index (κ3) is 4.43. The van der Waals surface area contributed by atoms with Gasteiger partial charge in [-0.15, -0.1) is 0 Å². The first kappa shape index (κ1) is 15.7. The van der Waals surface area contributed by atoms with Crippen molar-refractivity contribution in [2.24, 2.45) is 5.73 Å². The number of carbonyl (C=O) groups excluding carboxylic acids is 1. The number of hydrogen-bond donors (Lipinski definition) is 1. The summed E-state index contributed by atoms with van der Waals surface area (Å²) in [7, 11) is 0. The van der Waals surface area contributed by atoms with E-state index in [2.05, 4.69) is 4.90 Å². The predicted molar refractivity (Wildman–Crippen MR) is 79.5 cm³/mol. The van der Waals surface area contributed by atoms with Crippen molar-refractivity contribution in [2.45, 2.75) is 51.2 Å². The van der Waals surface area contributed by atoms with Gasteiger partial charge in [0.05, 0.1) is 18.2 Å². The molecular formula is C15H29N3O2. The lowest BCUT2D eigenvalue weighted by Crippen LogP contribution is -2.53. The number of likely N-dealkylation sites (tertiary alicyclic amines) is 2. The molecule has 0 saturated carbocycles. The predicted octanol–water partition coefficient (Wildman–Crippen LogP) is 0.827. The fourth-order valence-corrected chi connectivity index (χ4v) is 2.99. The maximum Gasteiger partial charge on any atom is 0.242 e. The number of amides is 1. The van der Waals surface area contributed by atoms with Crippen LogP contribution < -0.4 is 5.73 Å². The Balaban J connectivity index is 1.62. The van der Waals surface area contributed by atoms with Gasteiger partial charge in [0.25, 0.3) is 0 Å². The second-order valence-electron chi connectivity index (χ2n) is 6.63. The number of carbonyl (C=O) groups is 1. The van der Waals surface area contributed by atoms with Crippen molar-refractivity contribution in [2.75, 3.05) is 39.3 Å². The Labute approximate surface area is 122 Å². The SMILES string of the molecule is CC(C)(N)C(=O)N1CCC(OCCN2CCCC2)CC1. The van der Waals surface area contributed by atoms with Gasteiger partial charge in [-0.05, 0) is 52.6 Å². The zero-order valence-electron chi connectivity index (χ0n) is 12.9. The summed E-state index contributed by atoms with van der Waals surface area (Å²) in [6.45, 7) is 9.41. The molecule has 20 heavy (non-hydrogen) atoms. The van der Waals surface area contributed by atoms with Crippen LogP contribution in [0.5, 0.6) is 0 Å². The van der Waals surface area contributed by atoms with Gasteiger partial charge in [0.1, 0.15) is 0 Å². The van der Waals surface area contributed by atoms with Crippen molar-refractivity contribution in [3.8, 4) is 0 Å². The monoisotopic (exact) mass is 283 g/mol. The first-order valence-electron chi connectivity index (χ1n) is 7.89. The third-order valence-electron chi connectivity index (χ3n) is 4.24. The van der Waals surface area contributed by atoms with Crippen LogP contribution >= 0.6 is 0 Å². The Bertz CT molecular complexity index is 314. The van der Waals surface area contributed by atoms with Crippen LogP contribution in [0.2, 0.25) is 0 Å². The van der Waals surface area contributed by atoms with Gasteiger partial charge in [-0.1, -0.05) is 0 Å². The minimum Gasteiger partial charge on any atom is -0.377 e. The molecule has 0 spiro atoms. The first-order chi connectivity index (χ1) is 9.47. The van der Waals surface area contributed by atoms with Gasteiger partial charge in [-0.3, -0.25) is 4.79 Å². The molecule has 0 aliphatic carbocycles. The molecule has 2 aliphatic heterocycles. The molecule has 0 bridgehead atoms. The maximum atomic E-state index is 12.1. The van der Waals surface area contributed by atoms with E-state index in [9.17, 15) is 4.79 Å². The highest BCUT2D eigenvalue weighted by Crippen LogP contribution is 2.17. The molecule has 116 valence electrons. The van der Waals surface area contributed by atoms with Crippen LogP contribution in [-0.4, -0.2) is 66.7 Å². The highest BCUT2D eigenvalue weighted by Gasteiger charge is 2.31. The Morgan fingerprint density at radius 1 is 1.20 bits per heavy atom. The summed E-state index contributed by atoms with van der Waals surface area (Å²) in [4.78, 5) is 16.4. The van der Waals surface area contributed by atoms with Crippen LogP contribution in [0.4, 0.5) is 0 Å². The summed E-state index contributed by atoms with van der Waals surface area (Å²) in [5.41, 5.74) is 5.11. The lowest BCUT2D eigenvalue weighted by atomic mass is 10.0. The molecule has 0 aromatic rings. The third-order valence-corrected chi connectivity index (χ3v) is 4.24. The zero-order valence-corrected chi connectivity index (χ0v) is 12.9. The van der Waals surface area contributed by atoms with Gasteiger partial charge in [-0.25, -0.2) is 0 Å². The Morgan fingerprint density at radius 2 is 1.80 bits per heavy atom. The van der Waals surface area contributed by atoms with E-state index in [4.69, 9.17) is 10.5 Å². The number of ether oxygens (including phenoxy) is 1. The largest absolute Gasteiger partial charge is 0.377 e. The number of rotatable bonds is 5. The molecule has 2 rings (SSSR count). The van der Waals surface area contributed by atoms with E-state index >= 15 is 0 Å². The van der Waals surface area contributed by atoms with E-state index in [1.165, 1.54) is 25.9 Å². The molecule has 0 radical (unpaired) electrons. The standard InChI is InChI=1S/C15H29N3O2/c1-15(2,16)14(19)18-9-5-13(6-10-18)20-12-11-17-7-3-4-8-17/h13H,3-12,16H2,1-2H3. The fourth-order valence-electron chi connectivity index (χ4n) is 2.99. The Morgan fingerprint density at radius 3 is 2.35 bits per heavy atom. The van der Waals surface area contributed by atoms with Crippen LogP contribution in [0.15, 0.2) is 0 Å². The summed E-state index contributed by atoms with van der Waals surface area (Å²) in [6, 6.07) is 0. The zero-order chi connectivity index (χ0) is 14.6. The average molecular weight is 283 g/mol. The molecule has 1 amide bonds. The highest BCUT2D eigenvalue weighted by atomic mass is 16.5. The van der Waals surface area contributed by atoms with E-state index in [0.717, 1.165) is 39.1 Å². The molecule has 2 heterocycles. The minimum atomic E-state index is -0.760. The summed E-state index contributed by atoms with van der Waals surface area (Å²) in [5, 5.41) is 0. The van der Waals surface area contributed by atoms with Crippen molar-refractivity contribution in [3.63, 3.8) is 0 Å². The molecule has 0 aromatic carbocycles. The van der Waals surface area contributed by atoms with E-state index < -0.39 is 5.54 Å². The number of piperidine rings is 1. The molecule has 5 heteroatoms. The highest BCUT2D eigenvalue weighted by molar-refractivity contribution is 5.85. The molecular weight excluding hydrogens is 254 g/mol. The summed E-state index contributed by atoms with van der Waals surface area (Å²) in [6.07, 6.45) is 4.83. The van der Waals surface area contributed by atoms with Gasteiger partial charge in [0.15, 0.2) is 0 Å². The van der Waals surface area contributed by atoms with Crippen LogP contribution in [0.3, 0.4) is 0 Å². The number of nitrogens with two attached hydrogens (primary N) is 1. The van der Waals surface area contributed by atoms with Crippen molar-refractivity contribution in [1.29, 1.82) is 0 Å². The van der Waals surface area contributed by atoms with Gasteiger partial charge in [0, 0.05) is 19.6 Å². The average Bonchev–Trinajstić information content (AvgIpc) is 2.91. The molecule has 2 N–H and O–H groups in total. The van der Waals surface area contributed by atoms with Gasteiger partial charge >= 0.3 is 0 Å². The van der Waals surface area contributed by atoms with Gasteiger partial charge in [-0.2, -0.15) is 0 Å². The fraction of sp³-hybridized carbons (Fsp3) is 0.933. The number of hydrogen-bond acceptors (Lipinski definition) is 4. The lowest BCUT2D eigenvalue weighted by molar-refractivity contribution is -0.138. The van der Waals surface area contributed by atoms with E-state index in [0.29, 0.717) is 6.10 Å². The molecule has 2 fully saturated rings. The van der Waals surface area contributed by atoms with E-state index in [1.54, 1.807) is 13.8 Å². The van der Waals surface area contributed by atoms with Crippen molar-refractivity contribution in [1.82, 2.24) is 9.80 Å². The Hall–Kier alpha value is -0.650. The maximum absolute atomic E-state index is 12.1. The lowest BCUT2D eigenvalue weighted by Gasteiger charge is -2.35. The van der Waals surface area contributed by atoms with Crippen LogP contribution in [0.1, 0.15) is 39.5 Å². The van der Waals surface area contributed by atoms with E-state index in [1.807, 2.05) is 4.90 Å². The van der Waals surface area contributed by atoms with Crippen LogP contribution in [-0.2, 0) is 9.53 Å². The van der Waals surface area contributed by atoms with Crippen molar-refractivity contribution in [3.05, 3.63) is 0 Å². The second kappa shape index (κ2) is 6.87. The van der Waals surface area contributed by atoms with Crippen molar-refractivity contribution >= 4 is 5.91 Å². The second-order valence-corrected chi connectivity index (χ2v) is 6.63. The summed E-state index contributed by atoms with van der Waals surface area (Å²) < 4.78 is 5.95.